The highest BCUT2D eigenvalue weighted by Gasteiger charge is 2.19. The van der Waals surface area contributed by atoms with Crippen LogP contribution in [-0.4, -0.2) is 23.5 Å². The summed E-state index contributed by atoms with van der Waals surface area (Å²) in [7, 11) is -1.20. The topological polar surface area (TPSA) is 82.7 Å². The molecule has 2 aromatic heterocycles. The molecule has 3 aromatic rings. The van der Waals surface area contributed by atoms with Crippen LogP contribution in [0.3, 0.4) is 0 Å². The largest absolute Gasteiger partial charge is 0.355 e. The number of halogens is 1. The molecule has 0 aliphatic heterocycles. The molecule has 0 saturated carbocycles. The number of hydrogen-bond acceptors (Lipinski definition) is 3. The molecule has 0 saturated heterocycles. The number of nitrogens with zero attached hydrogens (tertiary/aromatic N) is 1. The second kappa shape index (κ2) is 7.71. The molecule has 0 aliphatic carbocycles. The van der Waals surface area contributed by atoms with Crippen molar-refractivity contribution < 1.29 is 4.21 Å². The van der Waals surface area contributed by atoms with E-state index >= 15 is 0 Å². The summed E-state index contributed by atoms with van der Waals surface area (Å²) in [5, 5.41) is 0.606. The Morgan fingerprint density at radius 1 is 1.26 bits per heavy atom. The maximum atomic E-state index is 12.3. The zero-order valence-electron chi connectivity index (χ0n) is 15.3. The van der Waals surface area contributed by atoms with Gasteiger partial charge in [0, 0.05) is 17.8 Å². The molecule has 1 aromatic carbocycles. The summed E-state index contributed by atoms with van der Waals surface area (Å²) in [5.41, 5.74) is 2.87. The van der Waals surface area contributed by atoms with Crippen LogP contribution in [0.5, 0.6) is 0 Å². The van der Waals surface area contributed by atoms with Crippen LogP contribution < -0.4 is 10.3 Å². The van der Waals surface area contributed by atoms with Gasteiger partial charge >= 0.3 is 0 Å². The van der Waals surface area contributed by atoms with E-state index in [-0.39, 0.29) is 10.3 Å². The smallest absolute Gasteiger partial charge is 0.276 e. The van der Waals surface area contributed by atoms with Crippen LogP contribution in [0, 0.1) is 4.77 Å². The molecular formula is C18H21ClN4O2S2. The number of fused-ring (bicyclic) bond motifs is 1. The number of benzene rings is 1. The van der Waals surface area contributed by atoms with E-state index in [4.69, 9.17) is 23.8 Å². The van der Waals surface area contributed by atoms with Crippen LogP contribution in [-0.2, 0) is 24.1 Å². The highest BCUT2D eigenvalue weighted by Crippen LogP contribution is 2.20. The lowest BCUT2D eigenvalue weighted by molar-refractivity contribution is 0.634. The van der Waals surface area contributed by atoms with E-state index in [1.54, 1.807) is 6.20 Å². The van der Waals surface area contributed by atoms with Crippen molar-refractivity contribution in [3.05, 3.63) is 61.7 Å². The molecule has 1 unspecified atom stereocenters. The summed E-state index contributed by atoms with van der Waals surface area (Å²) >= 11 is 11.5. The van der Waals surface area contributed by atoms with Crippen molar-refractivity contribution in [1.82, 2.24) is 19.3 Å². The standard InChI is InChI=1S/C18H21ClN4O2S2/c1-18(2,3)27(25)21-9-12-8-13(19)5-4-11(12)10-23-14-6-7-20-15(14)16(24)22-17(23)26/h4-8,20-21H,9-10H2,1-3H3,(H,22,24,26). The van der Waals surface area contributed by atoms with Crippen molar-refractivity contribution in [2.45, 2.75) is 38.6 Å². The van der Waals surface area contributed by atoms with Gasteiger partial charge in [0.05, 0.1) is 27.8 Å². The predicted molar refractivity (Wildman–Crippen MR) is 113 cm³/mol. The molecule has 0 bridgehead atoms. The maximum absolute atomic E-state index is 12.3. The highest BCUT2D eigenvalue weighted by atomic mass is 35.5. The molecule has 3 rings (SSSR count). The summed E-state index contributed by atoms with van der Waals surface area (Å²) in [6.07, 6.45) is 1.71. The van der Waals surface area contributed by atoms with Crippen molar-refractivity contribution >= 4 is 45.8 Å². The van der Waals surface area contributed by atoms with Gasteiger partial charge in [-0.25, -0.2) is 8.93 Å². The molecule has 0 aliphatic rings. The Morgan fingerprint density at radius 3 is 2.70 bits per heavy atom. The van der Waals surface area contributed by atoms with Crippen LogP contribution in [0.25, 0.3) is 11.0 Å². The normalized spacial score (nSPS) is 13.2. The molecule has 6 nitrogen and oxygen atoms in total. The van der Waals surface area contributed by atoms with Crippen LogP contribution in [0.4, 0.5) is 0 Å². The number of rotatable bonds is 5. The van der Waals surface area contributed by atoms with Crippen LogP contribution >= 0.6 is 23.8 Å². The van der Waals surface area contributed by atoms with E-state index in [1.807, 2.05) is 49.6 Å². The van der Waals surface area contributed by atoms with Gasteiger partial charge in [-0.3, -0.25) is 9.78 Å². The minimum absolute atomic E-state index is 0.241. The first-order chi connectivity index (χ1) is 12.7. The van der Waals surface area contributed by atoms with Crippen LogP contribution in [0.2, 0.25) is 5.02 Å². The van der Waals surface area contributed by atoms with E-state index in [9.17, 15) is 9.00 Å². The Kier molecular flexibility index (Phi) is 5.71. The van der Waals surface area contributed by atoms with Crippen LogP contribution in [0.1, 0.15) is 31.9 Å². The Balaban J connectivity index is 1.97. The van der Waals surface area contributed by atoms with Gasteiger partial charge in [-0.2, -0.15) is 0 Å². The van der Waals surface area contributed by atoms with Gasteiger partial charge in [0.1, 0.15) is 5.52 Å². The average molecular weight is 425 g/mol. The minimum atomic E-state index is -1.20. The fraction of sp³-hybridized carbons (Fsp3) is 0.333. The third-order valence-electron chi connectivity index (χ3n) is 4.16. The number of H-pyrrole nitrogens is 2. The average Bonchev–Trinajstić information content (AvgIpc) is 3.07. The maximum Gasteiger partial charge on any atom is 0.276 e. The Hall–Kier alpha value is -1.74. The van der Waals surface area contributed by atoms with Gasteiger partial charge in [0.25, 0.3) is 5.56 Å². The van der Waals surface area contributed by atoms with E-state index in [0.29, 0.717) is 28.4 Å². The van der Waals surface area contributed by atoms with E-state index in [1.165, 1.54) is 0 Å². The van der Waals surface area contributed by atoms with Crippen LogP contribution in [0.15, 0.2) is 35.3 Å². The Bertz CT molecular complexity index is 1120. The molecule has 0 radical (unpaired) electrons. The third kappa shape index (κ3) is 4.40. The summed E-state index contributed by atoms with van der Waals surface area (Å²) in [4.78, 5) is 17.6. The molecule has 2 heterocycles. The molecule has 0 spiro atoms. The van der Waals surface area contributed by atoms with E-state index in [2.05, 4.69) is 14.7 Å². The van der Waals surface area contributed by atoms with Crippen molar-refractivity contribution in [1.29, 1.82) is 0 Å². The molecule has 27 heavy (non-hydrogen) atoms. The highest BCUT2D eigenvalue weighted by molar-refractivity contribution is 7.84. The van der Waals surface area contributed by atoms with Crippen molar-refractivity contribution in [2.24, 2.45) is 0 Å². The number of hydrogen-bond donors (Lipinski definition) is 3. The number of aromatic amines is 2. The van der Waals surface area contributed by atoms with Gasteiger partial charge in [-0.05, 0) is 62.3 Å². The fourth-order valence-electron chi connectivity index (χ4n) is 2.70. The Labute approximate surface area is 169 Å². The van der Waals surface area contributed by atoms with Crippen molar-refractivity contribution in [3.8, 4) is 0 Å². The molecule has 144 valence electrons. The lowest BCUT2D eigenvalue weighted by atomic mass is 10.1. The van der Waals surface area contributed by atoms with Crippen molar-refractivity contribution in [2.75, 3.05) is 0 Å². The molecule has 1 atom stereocenters. The summed E-state index contributed by atoms with van der Waals surface area (Å²) in [6.45, 7) is 6.61. The first-order valence-corrected chi connectivity index (χ1v) is 10.3. The zero-order chi connectivity index (χ0) is 19.8. The van der Waals surface area contributed by atoms with E-state index in [0.717, 1.165) is 16.6 Å². The summed E-state index contributed by atoms with van der Waals surface area (Å²) < 4.78 is 17.2. The molecular weight excluding hydrogens is 404 g/mol. The van der Waals surface area contributed by atoms with Crippen molar-refractivity contribution in [3.63, 3.8) is 0 Å². The minimum Gasteiger partial charge on any atom is -0.355 e. The fourth-order valence-corrected chi connectivity index (χ4v) is 3.87. The first kappa shape index (κ1) is 20.0. The third-order valence-corrected chi connectivity index (χ3v) is 6.23. The molecule has 0 amide bonds. The quantitative estimate of drug-likeness (QED) is 0.547. The van der Waals surface area contributed by atoms with Gasteiger partial charge in [0.2, 0.25) is 0 Å². The number of aromatic nitrogens is 3. The first-order valence-electron chi connectivity index (χ1n) is 8.39. The lowest BCUT2D eigenvalue weighted by Crippen LogP contribution is -2.33. The summed E-state index contributed by atoms with van der Waals surface area (Å²) in [5.74, 6) is 0. The van der Waals surface area contributed by atoms with Gasteiger partial charge < -0.3 is 9.55 Å². The monoisotopic (exact) mass is 424 g/mol. The summed E-state index contributed by atoms with van der Waals surface area (Å²) in [6, 6.07) is 7.41. The number of nitrogens with one attached hydrogen (secondary N) is 3. The second-order valence-corrected chi connectivity index (χ2v) is 10.1. The predicted octanol–water partition coefficient (Wildman–Crippen LogP) is 3.64. The van der Waals surface area contributed by atoms with Gasteiger partial charge in [0.15, 0.2) is 4.77 Å². The molecule has 9 heteroatoms. The lowest BCUT2D eigenvalue weighted by Gasteiger charge is -2.19. The Morgan fingerprint density at radius 2 is 2.00 bits per heavy atom. The SMILES string of the molecule is CC(C)(C)S(=O)NCc1cc(Cl)ccc1Cn1c(=S)[nH]c(=O)c2[nH]ccc21. The van der Waals surface area contributed by atoms with Gasteiger partial charge in [-0.15, -0.1) is 0 Å². The van der Waals surface area contributed by atoms with E-state index < -0.39 is 11.0 Å². The zero-order valence-corrected chi connectivity index (χ0v) is 17.6. The molecule has 3 N–H and O–H groups in total. The molecule has 0 fully saturated rings. The second-order valence-electron chi connectivity index (χ2n) is 7.20. The van der Waals surface area contributed by atoms with Gasteiger partial charge in [-0.1, -0.05) is 17.7 Å².